The molecule has 0 amide bonds. The second kappa shape index (κ2) is 8.86. The van der Waals surface area contributed by atoms with Crippen molar-refractivity contribution in [3.05, 3.63) is 58.9 Å². The molecule has 0 saturated heterocycles. The first-order valence-electron chi connectivity index (χ1n) is 6.33. The SMILES string of the molecule is O=[N+]([O-])c1ccc(OP(=O)([O-])CNS(=O)(=O)c2cccnc2)cc1.[Na+]. The maximum atomic E-state index is 11.9. The van der Waals surface area contributed by atoms with Crippen LogP contribution in [-0.4, -0.2) is 24.6 Å². The van der Waals surface area contributed by atoms with Crippen LogP contribution in [0.5, 0.6) is 5.75 Å². The number of nitrogens with zero attached hydrogens (tertiary/aromatic N) is 2. The van der Waals surface area contributed by atoms with Gasteiger partial charge in [0.15, 0.2) is 7.60 Å². The van der Waals surface area contributed by atoms with Crippen molar-refractivity contribution in [2.75, 3.05) is 6.29 Å². The monoisotopic (exact) mass is 395 g/mol. The summed E-state index contributed by atoms with van der Waals surface area (Å²) >= 11 is 0. The van der Waals surface area contributed by atoms with Gasteiger partial charge >= 0.3 is 29.6 Å². The zero-order valence-electron chi connectivity index (χ0n) is 12.9. The van der Waals surface area contributed by atoms with Gasteiger partial charge in [-0.3, -0.25) is 19.7 Å². The average molecular weight is 395 g/mol. The minimum Gasteiger partial charge on any atom is -0.768 e. The molecule has 13 heteroatoms. The van der Waals surface area contributed by atoms with Crippen LogP contribution < -0.4 is 43.7 Å². The normalized spacial score (nSPS) is 13.3. The number of nitro groups is 1. The van der Waals surface area contributed by atoms with Gasteiger partial charge in [-0.15, -0.1) is 0 Å². The van der Waals surface area contributed by atoms with Crippen LogP contribution in [0.2, 0.25) is 0 Å². The smallest absolute Gasteiger partial charge is 0.768 e. The molecule has 0 aliphatic carbocycles. The van der Waals surface area contributed by atoms with Crippen LogP contribution in [0.15, 0.2) is 53.7 Å². The summed E-state index contributed by atoms with van der Waals surface area (Å²) in [6.45, 7) is 0. The Balaban J connectivity index is 0.00000312. The van der Waals surface area contributed by atoms with Crippen molar-refractivity contribution < 1.29 is 56.9 Å². The Morgan fingerprint density at radius 1 is 1.24 bits per heavy atom. The Labute approximate surface area is 165 Å². The number of non-ortho nitro benzene ring substituents is 1. The summed E-state index contributed by atoms with van der Waals surface area (Å²) in [7, 11) is -8.66. The number of sulfonamides is 1. The molecule has 128 valence electrons. The van der Waals surface area contributed by atoms with Gasteiger partial charge in [-0.2, -0.15) is 0 Å². The molecule has 0 fully saturated rings. The second-order valence-electron chi connectivity index (χ2n) is 4.45. The van der Waals surface area contributed by atoms with Crippen LogP contribution in [0.4, 0.5) is 5.69 Å². The van der Waals surface area contributed by atoms with E-state index >= 15 is 0 Å². The number of nitrogens with one attached hydrogen (secondary N) is 1. The van der Waals surface area contributed by atoms with E-state index in [4.69, 9.17) is 4.52 Å². The van der Waals surface area contributed by atoms with Gasteiger partial charge in [0.1, 0.15) is 10.6 Å². The topological polar surface area (TPSA) is 152 Å². The molecule has 0 saturated carbocycles. The minimum atomic E-state index is -4.60. The summed E-state index contributed by atoms with van der Waals surface area (Å²) in [5.74, 6) is -0.167. The van der Waals surface area contributed by atoms with Gasteiger partial charge in [0.05, 0.1) is 11.2 Å². The fraction of sp³-hybridized carbons (Fsp3) is 0.0833. The Hall–Kier alpha value is -1.33. The predicted octanol–water partition coefficient (Wildman–Crippen LogP) is -2.14. The first-order chi connectivity index (χ1) is 11.2. The molecule has 1 heterocycles. The van der Waals surface area contributed by atoms with Crippen LogP contribution in [0.1, 0.15) is 0 Å². The van der Waals surface area contributed by atoms with Gasteiger partial charge in [-0.05, 0) is 24.3 Å². The molecule has 25 heavy (non-hydrogen) atoms. The third-order valence-electron chi connectivity index (χ3n) is 2.68. The molecule has 0 bridgehead atoms. The first-order valence-corrected chi connectivity index (χ1v) is 9.54. The molecule has 1 unspecified atom stereocenters. The van der Waals surface area contributed by atoms with Crippen molar-refractivity contribution in [2.45, 2.75) is 4.90 Å². The Kier molecular flexibility index (Phi) is 7.69. The summed E-state index contributed by atoms with van der Waals surface area (Å²) in [4.78, 5) is 25.1. The van der Waals surface area contributed by atoms with Crippen molar-refractivity contribution >= 4 is 23.3 Å². The van der Waals surface area contributed by atoms with Gasteiger partial charge in [0, 0.05) is 24.5 Å². The average Bonchev–Trinajstić information content (AvgIpc) is 2.54. The maximum absolute atomic E-state index is 11.9. The van der Waals surface area contributed by atoms with E-state index in [1.54, 1.807) is 0 Å². The van der Waals surface area contributed by atoms with Crippen molar-refractivity contribution in [1.82, 2.24) is 9.71 Å². The Morgan fingerprint density at radius 2 is 1.88 bits per heavy atom. The molecule has 1 N–H and O–H groups in total. The summed E-state index contributed by atoms with van der Waals surface area (Å²) < 4.78 is 42.2. The van der Waals surface area contributed by atoms with E-state index in [1.165, 1.54) is 18.3 Å². The maximum Gasteiger partial charge on any atom is 1.00 e. The van der Waals surface area contributed by atoms with Gasteiger partial charge in [0.25, 0.3) is 5.69 Å². The van der Waals surface area contributed by atoms with E-state index in [9.17, 15) is 28.0 Å². The number of hydrogen-bond donors (Lipinski definition) is 1. The van der Waals surface area contributed by atoms with Crippen LogP contribution in [-0.2, 0) is 14.6 Å². The number of hydrogen-bond acceptors (Lipinski definition) is 8. The van der Waals surface area contributed by atoms with Crippen molar-refractivity contribution in [1.29, 1.82) is 0 Å². The van der Waals surface area contributed by atoms with Gasteiger partial charge < -0.3 is 9.42 Å². The number of pyridine rings is 1. The first kappa shape index (κ1) is 21.7. The van der Waals surface area contributed by atoms with Crippen molar-refractivity contribution in [3.63, 3.8) is 0 Å². The van der Waals surface area contributed by atoms with E-state index in [1.807, 2.05) is 4.72 Å². The summed E-state index contributed by atoms with van der Waals surface area (Å²) in [6, 6.07) is 6.96. The second-order valence-corrected chi connectivity index (χ2v) is 7.94. The van der Waals surface area contributed by atoms with E-state index in [0.29, 0.717) is 0 Å². The van der Waals surface area contributed by atoms with E-state index in [-0.39, 0.29) is 45.9 Å². The van der Waals surface area contributed by atoms with Crippen molar-refractivity contribution in [3.8, 4) is 5.75 Å². The Bertz CT molecular complexity index is 877. The molecule has 1 atom stereocenters. The molecular weight excluding hydrogens is 384 g/mol. The number of aromatic nitrogens is 1. The van der Waals surface area contributed by atoms with E-state index in [2.05, 4.69) is 4.98 Å². The summed E-state index contributed by atoms with van der Waals surface area (Å²) in [5.41, 5.74) is -0.236. The molecular formula is C12H11N3NaO7PS. The zero-order valence-corrected chi connectivity index (χ0v) is 16.6. The van der Waals surface area contributed by atoms with Crippen LogP contribution in [0.3, 0.4) is 0 Å². The largest absolute Gasteiger partial charge is 1.00 e. The quantitative estimate of drug-likeness (QED) is 0.241. The molecule has 2 rings (SSSR count). The molecule has 0 aliphatic heterocycles. The fourth-order valence-corrected chi connectivity index (χ4v) is 4.02. The molecule has 1 aromatic heterocycles. The number of rotatable bonds is 7. The van der Waals surface area contributed by atoms with E-state index in [0.717, 1.165) is 30.5 Å². The van der Waals surface area contributed by atoms with Crippen LogP contribution >= 0.6 is 7.60 Å². The van der Waals surface area contributed by atoms with E-state index < -0.39 is 28.8 Å². The zero-order chi connectivity index (χ0) is 17.8. The number of nitro benzene ring substituents is 1. The summed E-state index contributed by atoms with van der Waals surface area (Å²) in [5, 5.41) is 10.5. The molecule has 1 aromatic carbocycles. The third kappa shape index (κ3) is 6.48. The molecule has 0 radical (unpaired) electrons. The fourth-order valence-electron chi connectivity index (χ4n) is 1.58. The molecule has 10 nitrogen and oxygen atoms in total. The Morgan fingerprint density at radius 3 is 2.40 bits per heavy atom. The third-order valence-corrected chi connectivity index (χ3v) is 5.32. The van der Waals surface area contributed by atoms with Crippen LogP contribution in [0.25, 0.3) is 0 Å². The van der Waals surface area contributed by atoms with Gasteiger partial charge in [-0.25, -0.2) is 13.1 Å². The standard InChI is InChI=1S/C12H12N3O7PS.Na/c16-15(17)10-3-5-11(6-4-10)22-23(18,19)9-14-24(20,21)12-2-1-7-13-8-12;/h1-8,14H,9H2,(H,18,19);/q;+1/p-1. The number of benzene rings is 1. The van der Waals surface area contributed by atoms with Gasteiger partial charge in [-0.1, -0.05) is 0 Å². The summed E-state index contributed by atoms with van der Waals surface area (Å²) in [6.07, 6.45) is 1.45. The molecule has 0 aliphatic rings. The van der Waals surface area contributed by atoms with Crippen molar-refractivity contribution in [2.24, 2.45) is 0 Å². The molecule has 0 spiro atoms. The van der Waals surface area contributed by atoms with Crippen LogP contribution in [0, 0.1) is 10.1 Å². The molecule has 2 aromatic rings. The predicted molar refractivity (Wildman–Crippen MR) is 80.8 cm³/mol. The van der Waals surface area contributed by atoms with Gasteiger partial charge in [0.2, 0.25) is 10.0 Å². The minimum absolute atomic E-state index is 0.